The first-order valence-electron chi connectivity index (χ1n) is 5.69. The Kier molecular flexibility index (Phi) is 3.96. The van der Waals surface area contributed by atoms with Crippen molar-refractivity contribution in [3.63, 3.8) is 0 Å². The highest BCUT2D eigenvalue weighted by molar-refractivity contribution is 6.29. The lowest BCUT2D eigenvalue weighted by Gasteiger charge is -2.32. The molecule has 2 heterocycles. The summed E-state index contributed by atoms with van der Waals surface area (Å²) in [4.78, 5) is 2.40. The Balaban J connectivity index is 1.84. The number of anilines is 1. The minimum atomic E-state index is 0.431. The largest absolute Gasteiger partial charge is 0.367 e. The van der Waals surface area contributed by atoms with E-state index in [1.807, 2.05) is 6.07 Å². The van der Waals surface area contributed by atoms with Gasteiger partial charge in [-0.05, 0) is 38.6 Å². The summed E-state index contributed by atoms with van der Waals surface area (Å²) < 4.78 is 0. The Morgan fingerprint density at radius 1 is 1.44 bits per heavy atom. The number of hydrogen-bond acceptors (Lipinski definition) is 4. The van der Waals surface area contributed by atoms with E-state index in [1.54, 1.807) is 6.07 Å². The molecule has 5 heteroatoms. The van der Waals surface area contributed by atoms with Crippen LogP contribution < -0.4 is 5.32 Å². The first-order chi connectivity index (χ1) is 7.75. The highest BCUT2D eigenvalue weighted by atomic mass is 35.5. The van der Waals surface area contributed by atoms with Crippen LogP contribution in [0.1, 0.15) is 19.3 Å². The van der Waals surface area contributed by atoms with Crippen LogP contribution in [0.25, 0.3) is 0 Å². The van der Waals surface area contributed by atoms with Gasteiger partial charge in [0, 0.05) is 12.6 Å². The number of hydrogen-bond donors (Lipinski definition) is 1. The van der Waals surface area contributed by atoms with Crippen LogP contribution in [0, 0.1) is 0 Å². The molecule has 0 spiro atoms. The van der Waals surface area contributed by atoms with E-state index in [0.717, 1.165) is 12.4 Å². The zero-order chi connectivity index (χ0) is 11.4. The second-order valence-corrected chi connectivity index (χ2v) is 4.64. The van der Waals surface area contributed by atoms with E-state index in [2.05, 4.69) is 27.5 Å². The molecule has 1 aromatic rings. The van der Waals surface area contributed by atoms with Crippen LogP contribution in [0.2, 0.25) is 5.15 Å². The average Bonchev–Trinajstić information content (AvgIpc) is 2.30. The van der Waals surface area contributed by atoms with E-state index < -0.39 is 0 Å². The van der Waals surface area contributed by atoms with Crippen LogP contribution in [0.5, 0.6) is 0 Å². The second-order valence-electron chi connectivity index (χ2n) is 4.25. The summed E-state index contributed by atoms with van der Waals surface area (Å²) in [7, 11) is 2.18. The predicted octanol–water partition coefficient (Wildman–Crippen LogP) is 2.03. The smallest absolute Gasteiger partial charge is 0.151 e. The van der Waals surface area contributed by atoms with Gasteiger partial charge in [0.25, 0.3) is 0 Å². The molecule has 1 aromatic heterocycles. The van der Waals surface area contributed by atoms with Crippen molar-refractivity contribution in [2.75, 3.05) is 25.5 Å². The van der Waals surface area contributed by atoms with E-state index in [0.29, 0.717) is 11.2 Å². The summed E-state index contributed by atoms with van der Waals surface area (Å²) in [6.07, 6.45) is 3.89. The topological polar surface area (TPSA) is 41.0 Å². The third-order valence-electron chi connectivity index (χ3n) is 3.07. The summed E-state index contributed by atoms with van der Waals surface area (Å²) >= 11 is 5.67. The molecule has 16 heavy (non-hydrogen) atoms. The van der Waals surface area contributed by atoms with E-state index in [9.17, 15) is 0 Å². The molecule has 88 valence electrons. The molecule has 0 bridgehead atoms. The zero-order valence-corrected chi connectivity index (χ0v) is 10.2. The van der Waals surface area contributed by atoms with E-state index in [1.165, 1.54) is 25.8 Å². The van der Waals surface area contributed by atoms with Gasteiger partial charge in [0.05, 0.1) is 0 Å². The van der Waals surface area contributed by atoms with Crippen molar-refractivity contribution in [1.29, 1.82) is 0 Å². The van der Waals surface area contributed by atoms with Crippen molar-refractivity contribution in [3.05, 3.63) is 17.3 Å². The summed E-state index contributed by atoms with van der Waals surface area (Å²) in [6, 6.07) is 4.21. The van der Waals surface area contributed by atoms with Crippen LogP contribution in [0.4, 0.5) is 5.82 Å². The molecule has 1 saturated heterocycles. The minimum absolute atomic E-state index is 0.431. The highest BCUT2D eigenvalue weighted by Crippen LogP contribution is 2.15. The van der Waals surface area contributed by atoms with Gasteiger partial charge in [0.1, 0.15) is 5.82 Å². The van der Waals surface area contributed by atoms with Crippen LogP contribution in [0.15, 0.2) is 12.1 Å². The van der Waals surface area contributed by atoms with E-state index in [-0.39, 0.29) is 0 Å². The fraction of sp³-hybridized carbons (Fsp3) is 0.636. The van der Waals surface area contributed by atoms with Crippen molar-refractivity contribution >= 4 is 17.4 Å². The number of likely N-dealkylation sites (tertiary alicyclic amines) is 1. The fourth-order valence-corrected chi connectivity index (χ4v) is 2.14. The Morgan fingerprint density at radius 2 is 2.31 bits per heavy atom. The molecule has 4 nitrogen and oxygen atoms in total. The zero-order valence-electron chi connectivity index (χ0n) is 9.49. The van der Waals surface area contributed by atoms with E-state index in [4.69, 9.17) is 11.6 Å². The quantitative estimate of drug-likeness (QED) is 0.878. The van der Waals surface area contributed by atoms with Gasteiger partial charge in [-0.3, -0.25) is 0 Å². The molecule has 0 aromatic carbocycles. The molecule has 1 aliphatic heterocycles. The van der Waals surface area contributed by atoms with Gasteiger partial charge >= 0.3 is 0 Å². The van der Waals surface area contributed by atoms with Crippen LogP contribution in [-0.2, 0) is 0 Å². The molecule has 1 atom stereocenters. The SMILES string of the molecule is CN1CCCCC1CNc1ccc(Cl)nn1. The third kappa shape index (κ3) is 3.06. The van der Waals surface area contributed by atoms with Gasteiger partial charge in [-0.1, -0.05) is 18.0 Å². The molecule has 0 saturated carbocycles. The maximum atomic E-state index is 5.67. The number of nitrogens with zero attached hydrogens (tertiary/aromatic N) is 3. The van der Waals surface area contributed by atoms with Crippen molar-refractivity contribution in [3.8, 4) is 0 Å². The summed E-state index contributed by atoms with van der Waals surface area (Å²) in [5.74, 6) is 0.795. The van der Waals surface area contributed by atoms with Gasteiger partial charge in [-0.25, -0.2) is 0 Å². The maximum Gasteiger partial charge on any atom is 0.151 e. The number of halogens is 1. The lowest BCUT2D eigenvalue weighted by atomic mass is 10.0. The van der Waals surface area contributed by atoms with Gasteiger partial charge in [-0.15, -0.1) is 10.2 Å². The molecule has 2 rings (SSSR count). The number of likely N-dealkylation sites (N-methyl/N-ethyl adjacent to an activating group) is 1. The van der Waals surface area contributed by atoms with Crippen molar-refractivity contribution in [2.24, 2.45) is 0 Å². The molecule has 1 unspecified atom stereocenters. The third-order valence-corrected chi connectivity index (χ3v) is 3.27. The summed E-state index contributed by atoms with van der Waals surface area (Å²) in [5, 5.41) is 11.5. The van der Waals surface area contributed by atoms with Crippen molar-refractivity contribution < 1.29 is 0 Å². The Labute approximate surface area is 101 Å². The lowest BCUT2D eigenvalue weighted by molar-refractivity contribution is 0.194. The Hall–Kier alpha value is -0.870. The Bertz CT molecular complexity index is 327. The van der Waals surface area contributed by atoms with Crippen LogP contribution in [0.3, 0.4) is 0 Å². The molecular formula is C11H17ClN4. The molecule has 0 aliphatic carbocycles. The number of rotatable bonds is 3. The van der Waals surface area contributed by atoms with Crippen LogP contribution in [-0.4, -0.2) is 41.3 Å². The van der Waals surface area contributed by atoms with Crippen LogP contribution >= 0.6 is 11.6 Å². The molecule has 0 amide bonds. The maximum absolute atomic E-state index is 5.67. The first kappa shape index (κ1) is 11.6. The lowest BCUT2D eigenvalue weighted by Crippen LogP contribution is -2.40. The van der Waals surface area contributed by atoms with Gasteiger partial charge < -0.3 is 10.2 Å². The molecule has 0 radical (unpaired) electrons. The monoisotopic (exact) mass is 240 g/mol. The summed E-state index contributed by atoms with van der Waals surface area (Å²) in [6.45, 7) is 2.12. The van der Waals surface area contributed by atoms with Crippen molar-refractivity contribution in [1.82, 2.24) is 15.1 Å². The molecule has 1 N–H and O–H groups in total. The standard InChI is InChI=1S/C11H17ClN4/c1-16-7-3-2-4-9(16)8-13-11-6-5-10(12)14-15-11/h5-6,9H,2-4,7-8H2,1H3,(H,13,15). The first-order valence-corrected chi connectivity index (χ1v) is 6.07. The van der Waals surface area contributed by atoms with E-state index >= 15 is 0 Å². The number of nitrogens with one attached hydrogen (secondary N) is 1. The average molecular weight is 241 g/mol. The molecule has 1 aliphatic rings. The normalized spacial score (nSPS) is 22.0. The number of aromatic nitrogens is 2. The molecule has 1 fully saturated rings. The van der Waals surface area contributed by atoms with Gasteiger partial charge in [0.15, 0.2) is 5.15 Å². The highest BCUT2D eigenvalue weighted by Gasteiger charge is 2.18. The fourth-order valence-electron chi connectivity index (χ4n) is 2.03. The minimum Gasteiger partial charge on any atom is -0.367 e. The Morgan fingerprint density at radius 3 is 3.00 bits per heavy atom. The number of piperidine rings is 1. The van der Waals surface area contributed by atoms with Gasteiger partial charge in [-0.2, -0.15) is 0 Å². The van der Waals surface area contributed by atoms with Crippen molar-refractivity contribution in [2.45, 2.75) is 25.3 Å². The van der Waals surface area contributed by atoms with Gasteiger partial charge in [0.2, 0.25) is 0 Å². The summed E-state index contributed by atoms with van der Waals surface area (Å²) in [5.41, 5.74) is 0. The predicted molar refractivity (Wildman–Crippen MR) is 65.8 cm³/mol. The molecular weight excluding hydrogens is 224 g/mol. The second kappa shape index (κ2) is 5.46.